The van der Waals surface area contributed by atoms with Gasteiger partial charge in [0.1, 0.15) is 5.75 Å². The molecule has 1 unspecified atom stereocenters. The number of anilines is 2. The molecule has 2 heterocycles. The number of fused-ring (bicyclic) bond motifs is 1. The van der Waals surface area contributed by atoms with Gasteiger partial charge in [0.05, 0.1) is 12.2 Å². The monoisotopic (exact) mass is 327 g/mol. The molecule has 1 aromatic rings. The minimum atomic E-state index is -0.508. The summed E-state index contributed by atoms with van der Waals surface area (Å²) in [4.78, 5) is 26.3. The zero-order valence-electron chi connectivity index (χ0n) is 13.7. The van der Waals surface area contributed by atoms with Gasteiger partial charge in [-0.05, 0) is 51.1 Å². The highest BCUT2D eigenvalue weighted by molar-refractivity contribution is 5.99. The molecule has 0 aromatic heterocycles. The standard InChI is InChI=1S/C18H21N3O3/c1-3-8-21-9-6-13(7-10-21)18(23)19-14-4-5-16-15(11-14)20-17(22)12(2)24-16/h1,4-5,11-13H,6-10H2,2H3,(H,19,23)(H,20,22). The van der Waals surface area contributed by atoms with Gasteiger partial charge in [-0.3, -0.25) is 14.5 Å². The first-order chi connectivity index (χ1) is 11.6. The quantitative estimate of drug-likeness (QED) is 0.829. The number of hydrogen-bond acceptors (Lipinski definition) is 4. The molecule has 0 saturated carbocycles. The van der Waals surface area contributed by atoms with Crippen LogP contribution in [0, 0.1) is 18.3 Å². The minimum Gasteiger partial charge on any atom is -0.479 e. The number of carbonyl (C=O) groups excluding carboxylic acids is 2. The third kappa shape index (κ3) is 3.52. The van der Waals surface area contributed by atoms with Gasteiger partial charge in [-0.2, -0.15) is 0 Å². The van der Waals surface area contributed by atoms with Crippen molar-refractivity contribution in [1.82, 2.24) is 4.90 Å². The topological polar surface area (TPSA) is 70.7 Å². The molecule has 1 saturated heterocycles. The molecule has 0 bridgehead atoms. The summed E-state index contributed by atoms with van der Waals surface area (Å²) < 4.78 is 5.51. The predicted molar refractivity (Wildman–Crippen MR) is 91.8 cm³/mol. The number of terminal acetylenes is 1. The fourth-order valence-electron chi connectivity index (χ4n) is 3.01. The molecule has 2 aliphatic heterocycles. The van der Waals surface area contributed by atoms with Crippen LogP contribution in [-0.4, -0.2) is 42.5 Å². The Morgan fingerprint density at radius 1 is 1.46 bits per heavy atom. The van der Waals surface area contributed by atoms with E-state index in [2.05, 4.69) is 21.5 Å². The van der Waals surface area contributed by atoms with Crippen LogP contribution >= 0.6 is 0 Å². The van der Waals surface area contributed by atoms with E-state index in [1.54, 1.807) is 25.1 Å². The van der Waals surface area contributed by atoms with Crippen molar-refractivity contribution in [3.8, 4) is 18.1 Å². The Morgan fingerprint density at radius 3 is 2.92 bits per heavy atom. The van der Waals surface area contributed by atoms with Crippen LogP contribution in [0.25, 0.3) is 0 Å². The average Bonchev–Trinajstić information content (AvgIpc) is 2.57. The van der Waals surface area contributed by atoms with Gasteiger partial charge in [-0.15, -0.1) is 6.42 Å². The Kier molecular flexibility index (Phi) is 4.72. The number of piperidine rings is 1. The van der Waals surface area contributed by atoms with Crippen molar-refractivity contribution < 1.29 is 14.3 Å². The lowest BCUT2D eigenvalue weighted by Gasteiger charge is -2.30. The highest BCUT2D eigenvalue weighted by Gasteiger charge is 2.26. The van der Waals surface area contributed by atoms with Gasteiger partial charge < -0.3 is 15.4 Å². The first kappa shape index (κ1) is 16.3. The predicted octanol–water partition coefficient (Wildman–Crippen LogP) is 1.69. The fraction of sp³-hybridized carbons (Fsp3) is 0.444. The second kappa shape index (κ2) is 6.93. The van der Waals surface area contributed by atoms with Gasteiger partial charge in [-0.25, -0.2) is 0 Å². The Morgan fingerprint density at radius 2 is 2.21 bits per heavy atom. The maximum atomic E-state index is 12.4. The van der Waals surface area contributed by atoms with Crippen LogP contribution < -0.4 is 15.4 Å². The minimum absolute atomic E-state index is 0.00623. The summed E-state index contributed by atoms with van der Waals surface area (Å²) in [5.74, 6) is 3.05. The maximum absolute atomic E-state index is 12.4. The van der Waals surface area contributed by atoms with Crippen LogP contribution in [0.15, 0.2) is 18.2 Å². The SMILES string of the molecule is C#CCN1CCC(C(=O)Nc2ccc3c(c2)NC(=O)C(C)O3)CC1. The first-order valence-corrected chi connectivity index (χ1v) is 8.15. The van der Waals surface area contributed by atoms with Gasteiger partial charge in [0, 0.05) is 11.6 Å². The lowest BCUT2D eigenvalue weighted by molar-refractivity contribution is -0.123. The van der Waals surface area contributed by atoms with Crippen molar-refractivity contribution in [2.45, 2.75) is 25.9 Å². The summed E-state index contributed by atoms with van der Waals surface area (Å²) in [6.45, 7) is 4.01. The van der Waals surface area contributed by atoms with E-state index in [4.69, 9.17) is 11.2 Å². The van der Waals surface area contributed by atoms with Crippen LogP contribution in [0.2, 0.25) is 0 Å². The van der Waals surface area contributed by atoms with E-state index < -0.39 is 6.10 Å². The molecule has 2 N–H and O–H groups in total. The second-order valence-electron chi connectivity index (χ2n) is 6.20. The molecule has 3 rings (SSSR count). The summed E-state index contributed by atoms with van der Waals surface area (Å²) in [6, 6.07) is 5.27. The summed E-state index contributed by atoms with van der Waals surface area (Å²) >= 11 is 0. The average molecular weight is 327 g/mol. The maximum Gasteiger partial charge on any atom is 0.265 e. The largest absolute Gasteiger partial charge is 0.479 e. The van der Waals surface area contributed by atoms with Crippen LogP contribution in [0.1, 0.15) is 19.8 Å². The summed E-state index contributed by atoms with van der Waals surface area (Å²) in [7, 11) is 0. The van der Waals surface area contributed by atoms with E-state index in [1.807, 2.05) is 0 Å². The fourth-order valence-corrected chi connectivity index (χ4v) is 3.01. The number of benzene rings is 1. The Hall–Kier alpha value is -2.52. The lowest BCUT2D eigenvalue weighted by atomic mass is 9.96. The highest BCUT2D eigenvalue weighted by Crippen LogP contribution is 2.32. The van der Waals surface area contributed by atoms with Gasteiger partial charge >= 0.3 is 0 Å². The molecule has 1 fully saturated rings. The molecule has 0 spiro atoms. The summed E-state index contributed by atoms with van der Waals surface area (Å²) in [5.41, 5.74) is 1.24. The van der Waals surface area contributed by atoms with Crippen molar-refractivity contribution in [3.05, 3.63) is 18.2 Å². The Bertz CT molecular complexity index is 687. The van der Waals surface area contributed by atoms with E-state index in [1.165, 1.54) is 0 Å². The van der Waals surface area contributed by atoms with Gasteiger partial charge in [0.15, 0.2) is 6.10 Å². The number of rotatable bonds is 3. The third-order valence-corrected chi connectivity index (χ3v) is 4.45. The lowest BCUT2D eigenvalue weighted by Crippen LogP contribution is -2.38. The molecule has 0 radical (unpaired) electrons. The first-order valence-electron chi connectivity index (χ1n) is 8.15. The van der Waals surface area contributed by atoms with Crippen molar-refractivity contribution in [3.63, 3.8) is 0 Å². The van der Waals surface area contributed by atoms with Gasteiger partial charge in [0.2, 0.25) is 5.91 Å². The molecular weight excluding hydrogens is 306 g/mol. The Labute approximate surface area is 141 Å². The molecule has 1 aromatic carbocycles. The zero-order chi connectivity index (χ0) is 17.1. The van der Waals surface area contributed by atoms with Crippen molar-refractivity contribution in [2.75, 3.05) is 30.3 Å². The number of nitrogens with zero attached hydrogens (tertiary/aromatic N) is 1. The molecular formula is C18H21N3O3. The highest BCUT2D eigenvalue weighted by atomic mass is 16.5. The molecule has 2 aliphatic rings. The van der Waals surface area contributed by atoms with Gasteiger partial charge in [-0.1, -0.05) is 5.92 Å². The number of carbonyl (C=O) groups is 2. The van der Waals surface area contributed by atoms with Crippen molar-refractivity contribution in [2.24, 2.45) is 5.92 Å². The van der Waals surface area contributed by atoms with E-state index >= 15 is 0 Å². The number of ether oxygens (including phenoxy) is 1. The number of hydrogen-bond donors (Lipinski definition) is 2. The van der Waals surface area contributed by atoms with E-state index in [9.17, 15) is 9.59 Å². The molecule has 2 amide bonds. The van der Waals surface area contributed by atoms with Crippen molar-refractivity contribution in [1.29, 1.82) is 0 Å². The van der Waals surface area contributed by atoms with Crippen LogP contribution in [-0.2, 0) is 9.59 Å². The molecule has 6 heteroatoms. The number of likely N-dealkylation sites (tertiary alicyclic amines) is 1. The molecule has 6 nitrogen and oxygen atoms in total. The molecule has 126 valence electrons. The van der Waals surface area contributed by atoms with Crippen LogP contribution in [0.3, 0.4) is 0 Å². The van der Waals surface area contributed by atoms with Crippen LogP contribution in [0.4, 0.5) is 11.4 Å². The van der Waals surface area contributed by atoms with E-state index in [-0.39, 0.29) is 17.7 Å². The smallest absolute Gasteiger partial charge is 0.265 e. The van der Waals surface area contributed by atoms with Crippen LogP contribution in [0.5, 0.6) is 5.75 Å². The normalized spacial score (nSPS) is 21.2. The summed E-state index contributed by atoms with van der Waals surface area (Å²) in [6.07, 6.45) is 6.41. The van der Waals surface area contributed by atoms with E-state index in [0.29, 0.717) is 23.7 Å². The van der Waals surface area contributed by atoms with Gasteiger partial charge in [0.25, 0.3) is 5.91 Å². The second-order valence-corrected chi connectivity index (χ2v) is 6.20. The number of nitrogens with one attached hydrogen (secondary N) is 2. The molecule has 0 aliphatic carbocycles. The third-order valence-electron chi connectivity index (χ3n) is 4.45. The van der Waals surface area contributed by atoms with E-state index in [0.717, 1.165) is 25.9 Å². The Balaban J connectivity index is 1.61. The zero-order valence-corrected chi connectivity index (χ0v) is 13.7. The number of amides is 2. The molecule has 1 atom stereocenters. The summed E-state index contributed by atoms with van der Waals surface area (Å²) in [5, 5.41) is 5.71. The molecule has 24 heavy (non-hydrogen) atoms. The van der Waals surface area contributed by atoms with Crippen molar-refractivity contribution >= 4 is 23.2 Å².